The van der Waals surface area contributed by atoms with E-state index in [1.807, 2.05) is 0 Å². The Kier molecular flexibility index (Phi) is 8.49. The number of methoxy groups -OCH3 is 1. The van der Waals surface area contributed by atoms with Crippen LogP contribution in [-0.2, 0) is 9.59 Å². The molecular weight excluding hydrogens is 486 g/mol. The van der Waals surface area contributed by atoms with Crippen LogP contribution in [0, 0.1) is 34.5 Å². The van der Waals surface area contributed by atoms with Crippen LogP contribution >= 0.6 is 0 Å². The van der Waals surface area contributed by atoms with Crippen LogP contribution in [0.15, 0.2) is 12.1 Å². The van der Waals surface area contributed by atoms with E-state index in [-0.39, 0.29) is 64.3 Å². The van der Waals surface area contributed by atoms with E-state index in [0.717, 1.165) is 32.1 Å². The molecule has 0 aliphatic heterocycles. The zero-order valence-electron chi connectivity index (χ0n) is 22.5. The van der Waals surface area contributed by atoms with Gasteiger partial charge in [0.05, 0.1) is 35.7 Å². The molecule has 3 aliphatic carbocycles. The molecule has 38 heavy (non-hydrogen) atoms. The highest BCUT2D eigenvalue weighted by Gasteiger charge is 2.51. The maximum absolute atomic E-state index is 13.6. The molecule has 0 spiro atoms. The number of nitriles is 1. The number of rotatable bonds is 10. The number of nitrogens with one attached hydrogen (secondary N) is 2. The van der Waals surface area contributed by atoms with Crippen molar-refractivity contribution < 1.29 is 29.0 Å². The SMILES string of the molecule is CCCCNC(=O)[C@H]1[C@@H]2CC[C@@H](C2)[C@H]1NC(=O)c1cc(OC2CCC(C)(C(=O)O)CC2)c(C#N)cc1OC. The van der Waals surface area contributed by atoms with Crippen LogP contribution in [0.3, 0.4) is 0 Å². The molecule has 0 heterocycles. The molecule has 9 heteroatoms. The summed E-state index contributed by atoms with van der Waals surface area (Å²) in [5.41, 5.74) is -0.276. The van der Waals surface area contributed by atoms with Gasteiger partial charge in [0.2, 0.25) is 5.91 Å². The average Bonchev–Trinajstić information content (AvgIpc) is 3.52. The van der Waals surface area contributed by atoms with Crippen LogP contribution in [0.2, 0.25) is 0 Å². The van der Waals surface area contributed by atoms with Crippen molar-refractivity contribution in [2.45, 2.75) is 83.8 Å². The summed E-state index contributed by atoms with van der Waals surface area (Å²) in [6, 6.07) is 4.91. The Labute approximate surface area is 224 Å². The molecule has 3 fully saturated rings. The fourth-order valence-corrected chi connectivity index (χ4v) is 6.44. The van der Waals surface area contributed by atoms with Crippen molar-refractivity contribution in [3.63, 3.8) is 0 Å². The Morgan fingerprint density at radius 3 is 2.47 bits per heavy atom. The second kappa shape index (κ2) is 11.6. The first-order valence-corrected chi connectivity index (χ1v) is 13.8. The molecule has 206 valence electrons. The molecule has 3 saturated carbocycles. The largest absolute Gasteiger partial charge is 0.496 e. The van der Waals surface area contributed by atoms with Crippen molar-refractivity contribution >= 4 is 17.8 Å². The predicted octanol–water partition coefficient (Wildman–Crippen LogP) is 4.04. The summed E-state index contributed by atoms with van der Waals surface area (Å²) in [7, 11) is 1.45. The van der Waals surface area contributed by atoms with Crippen molar-refractivity contribution in [3.05, 3.63) is 23.3 Å². The van der Waals surface area contributed by atoms with Gasteiger partial charge in [-0.2, -0.15) is 5.26 Å². The number of carboxylic acids is 1. The fraction of sp³-hybridized carbons (Fsp3) is 0.655. The lowest BCUT2D eigenvalue weighted by Gasteiger charge is -2.34. The van der Waals surface area contributed by atoms with Gasteiger partial charge in [0.25, 0.3) is 5.91 Å². The second-order valence-corrected chi connectivity index (χ2v) is 11.3. The molecular formula is C29H39N3O6. The van der Waals surface area contributed by atoms with Gasteiger partial charge in [-0.3, -0.25) is 14.4 Å². The maximum atomic E-state index is 13.6. The number of unbranched alkanes of at least 4 members (excludes halogenated alkanes) is 1. The van der Waals surface area contributed by atoms with Crippen LogP contribution in [0.4, 0.5) is 0 Å². The third kappa shape index (κ3) is 5.59. The van der Waals surface area contributed by atoms with Gasteiger partial charge in [-0.25, -0.2) is 0 Å². The van der Waals surface area contributed by atoms with E-state index in [2.05, 4.69) is 23.6 Å². The number of carbonyl (C=O) groups is 3. The van der Waals surface area contributed by atoms with E-state index < -0.39 is 11.4 Å². The Morgan fingerprint density at radius 1 is 1.13 bits per heavy atom. The molecule has 3 aliphatic rings. The highest BCUT2D eigenvalue weighted by atomic mass is 16.5. The van der Waals surface area contributed by atoms with E-state index in [9.17, 15) is 24.8 Å². The number of ether oxygens (including phenoxy) is 2. The summed E-state index contributed by atoms with van der Waals surface area (Å²) in [5.74, 6) is -0.326. The number of fused-ring (bicyclic) bond motifs is 2. The third-order valence-corrected chi connectivity index (χ3v) is 8.86. The summed E-state index contributed by atoms with van der Waals surface area (Å²) in [6.07, 6.45) is 6.64. The summed E-state index contributed by atoms with van der Waals surface area (Å²) >= 11 is 0. The minimum Gasteiger partial charge on any atom is -0.496 e. The monoisotopic (exact) mass is 525 g/mol. The van der Waals surface area contributed by atoms with Gasteiger partial charge in [0.1, 0.15) is 17.6 Å². The maximum Gasteiger partial charge on any atom is 0.309 e. The fourth-order valence-electron chi connectivity index (χ4n) is 6.44. The zero-order valence-corrected chi connectivity index (χ0v) is 22.5. The first-order chi connectivity index (χ1) is 18.2. The molecule has 2 amide bonds. The van der Waals surface area contributed by atoms with E-state index >= 15 is 0 Å². The molecule has 0 saturated heterocycles. The summed E-state index contributed by atoms with van der Waals surface area (Å²) in [5, 5.41) is 25.4. The summed E-state index contributed by atoms with van der Waals surface area (Å²) in [4.78, 5) is 38.2. The number of carbonyl (C=O) groups excluding carboxylic acids is 2. The Morgan fingerprint density at radius 2 is 1.84 bits per heavy atom. The van der Waals surface area contributed by atoms with Crippen molar-refractivity contribution in [3.8, 4) is 17.6 Å². The van der Waals surface area contributed by atoms with Crippen LogP contribution in [0.5, 0.6) is 11.5 Å². The average molecular weight is 526 g/mol. The van der Waals surface area contributed by atoms with Gasteiger partial charge in [-0.15, -0.1) is 0 Å². The topological polar surface area (TPSA) is 138 Å². The molecule has 0 unspecified atom stereocenters. The normalized spacial score (nSPS) is 29.8. The van der Waals surface area contributed by atoms with Crippen molar-refractivity contribution in [2.24, 2.45) is 23.2 Å². The molecule has 4 atom stereocenters. The Hall–Kier alpha value is -3.28. The Bertz CT molecular complexity index is 1100. The van der Waals surface area contributed by atoms with Crippen LogP contribution in [0.25, 0.3) is 0 Å². The summed E-state index contributed by atoms with van der Waals surface area (Å²) < 4.78 is 11.6. The quantitative estimate of drug-likeness (QED) is 0.392. The first-order valence-electron chi connectivity index (χ1n) is 13.8. The van der Waals surface area contributed by atoms with Crippen molar-refractivity contribution in [1.82, 2.24) is 10.6 Å². The molecule has 3 N–H and O–H groups in total. The van der Waals surface area contributed by atoms with Gasteiger partial charge in [0.15, 0.2) is 0 Å². The number of amides is 2. The van der Waals surface area contributed by atoms with Gasteiger partial charge in [-0.1, -0.05) is 13.3 Å². The second-order valence-electron chi connectivity index (χ2n) is 11.3. The van der Waals surface area contributed by atoms with Crippen molar-refractivity contribution in [1.29, 1.82) is 5.26 Å². The Balaban J connectivity index is 1.51. The molecule has 0 radical (unpaired) electrons. The number of carboxylic acid groups (broad SMARTS) is 1. The number of benzene rings is 1. The van der Waals surface area contributed by atoms with E-state index in [0.29, 0.717) is 32.2 Å². The number of hydrogen-bond acceptors (Lipinski definition) is 6. The zero-order chi connectivity index (χ0) is 27.4. The van der Waals surface area contributed by atoms with Gasteiger partial charge in [0, 0.05) is 18.7 Å². The van der Waals surface area contributed by atoms with Crippen LogP contribution < -0.4 is 20.1 Å². The standard InChI is InChI=1S/C29H39N3O6/c1-4-5-12-31-27(34)24-17-6-7-18(13-17)25(24)32-26(33)21-15-22(19(16-30)14-23(21)37-3)38-20-8-10-29(2,11-9-20)28(35)36/h14-15,17-18,20,24-25H,4-13H2,1-3H3,(H,31,34)(H,32,33)(H,35,36)/t17-,18+,20?,24+,25-,29?/m1/s1. The lowest BCUT2D eigenvalue weighted by molar-refractivity contribution is -0.150. The molecule has 2 bridgehead atoms. The van der Waals surface area contributed by atoms with Crippen LogP contribution in [-0.4, -0.2) is 48.7 Å². The lowest BCUT2D eigenvalue weighted by atomic mass is 9.75. The third-order valence-electron chi connectivity index (χ3n) is 8.86. The smallest absolute Gasteiger partial charge is 0.309 e. The molecule has 9 nitrogen and oxygen atoms in total. The minimum atomic E-state index is -0.810. The van der Waals surface area contributed by atoms with Gasteiger partial charge >= 0.3 is 5.97 Å². The number of aliphatic carboxylic acids is 1. The van der Waals surface area contributed by atoms with Gasteiger partial charge in [-0.05, 0) is 76.2 Å². The highest BCUT2D eigenvalue weighted by molar-refractivity contribution is 5.98. The van der Waals surface area contributed by atoms with E-state index in [1.165, 1.54) is 13.2 Å². The highest BCUT2D eigenvalue weighted by Crippen LogP contribution is 2.49. The molecule has 0 aromatic heterocycles. The number of nitrogens with zero attached hydrogens (tertiary/aromatic N) is 1. The number of hydrogen-bond donors (Lipinski definition) is 3. The predicted molar refractivity (Wildman–Crippen MR) is 140 cm³/mol. The van der Waals surface area contributed by atoms with Gasteiger partial charge < -0.3 is 25.2 Å². The first kappa shape index (κ1) is 27.7. The van der Waals surface area contributed by atoms with Crippen LogP contribution in [0.1, 0.15) is 87.6 Å². The lowest BCUT2D eigenvalue weighted by Crippen LogP contribution is -2.50. The summed E-state index contributed by atoms with van der Waals surface area (Å²) in [6.45, 7) is 4.47. The van der Waals surface area contributed by atoms with E-state index in [4.69, 9.17) is 9.47 Å². The minimum absolute atomic E-state index is 0.0115. The van der Waals surface area contributed by atoms with Crippen molar-refractivity contribution in [2.75, 3.05) is 13.7 Å². The van der Waals surface area contributed by atoms with E-state index in [1.54, 1.807) is 13.0 Å². The molecule has 1 aromatic rings. The molecule has 1 aromatic carbocycles. The molecule has 4 rings (SSSR count).